The van der Waals surface area contributed by atoms with Crippen LogP contribution in [-0.4, -0.2) is 56.8 Å². The molecule has 2 atom stereocenters. The van der Waals surface area contributed by atoms with E-state index in [-0.39, 0.29) is 12.0 Å². The molecule has 8 nitrogen and oxygen atoms in total. The predicted molar refractivity (Wildman–Crippen MR) is 88.7 cm³/mol. The van der Waals surface area contributed by atoms with Gasteiger partial charge in [0.25, 0.3) is 0 Å². The Morgan fingerprint density at radius 3 is 2.92 bits per heavy atom. The van der Waals surface area contributed by atoms with E-state index in [0.717, 1.165) is 18.8 Å². The maximum Gasteiger partial charge on any atom is 0.240 e. The van der Waals surface area contributed by atoms with E-state index in [2.05, 4.69) is 42.6 Å². The highest BCUT2D eigenvalue weighted by molar-refractivity contribution is 5.18. The molecule has 1 fully saturated rings. The molecule has 3 heterocycles. The quantitative estimate of drug-likeness (QED) is 0.725. The Hall–Kier alpha value is -2.58. The van der Waals surface area contributed by atoms with E-state index in [9.17, 15) is 0 Å². The molecule has 2 aromatic heterocycles. The summed E-state index contributed by atoms with van der Waals surface area (Å²) < 4.78 is 11.0. The summed E-state index contributed by atoms with van der Waals surface area (Å²) in [4.78, 5) is 6.76. The van der Waals surface area contributed by atoms with Crippen molar-refractivity contribution in [2.75, 3.05) is 20.2 Å². The third-order valence-corrected chi connectivity index (χ3v) is 4.53. The van der Waals surface area contributed by atoms with Gasteiger partial charge >= 0.3 is 0 Å². The smallest absolute Gasteiger partial charge is 0.240 e. The van der Waals surface area contributed by atoms with Crippen LogP contribution >= 0.6 is 0 Å². The lowest BCUT2D eigenvalue weighted by molar-refractivity contribution is 0.0946. The molecule has 1 aromatic carbocycles. The average Bonchev–Trinajstić information content (AvgIpc) is 3.36. The number of hydrogen-bond donors (Lipinski definition) is 1. The minimum Gasteiger partial charge on any atom is -0.379 e. The molecule has 8 heteroatoms. The monoisotopic (exact) mass is 340 g/mol. The molecule has 1 aliphatic rings. The lowest BCUT2D eigenvalue weighted by Gasteiger charge is -2.13. The average molecular weight is 340 g/mol. The van der Waals surface area contributed by atoms with Crippen molar-refractivity contribution in [2.24, 2.45) is 0 Å². The second-order valence-corrected chi connectivity index (χ2v) is 6.24. The van der Waals surface area contributed by atoms with Crippen LogP contribution in [0.25, 0.3) is 0 Å². The molecule has 130 valence electrons. The lowest BCUT2D eigenvalue weighted by atomic mass is 10.0. The van der Waals surface area contributed by atoms with Crippen molar-refractivity contribution in [3.8, 4) is 0 Å². The Labute approximate surface area is 145 Å². The zero-order valence-electron chi connectivity index (χ0n) is 14.0. The largest absolute Gasteiger partial charge is 0.379 e. The highest BCUT2D eigenvalue weighted by atomic mass is 16.5. The Balaban J connectivity index is 1.39. The molecule has 0 saturated carbocycles. The predicted octanol–water partition coefficient (Wildman–Crippen LogP) is 1.39. The van der Waals surface area contributed by atoms with Gasteiger partial charge in [0.1, 0.15) is 0 Å². The third-order valence-electron chi connectivity index (χ3n) is 4.53. The van der Waals surface area contributed by atoms with Crippen LogP contribution in [0, 0.1) is 0 Å². The first-order valence-electron chi connectivity index (χ1n) is 8.28. The molecule has 0 unspecified atom stereocenters. The molecular weight excluding hydrogens is 320 g/mol. The van der Waals surface area contributed by atoms with E-state index < -0.39 is 0 Å². The molecule has 3 aromatic rings. The fraction of sp³-hybridized carbons (Fsp3) is 0.412. The summed E-state index contributed by atoms with van der Waals surface area (Å²) in [7, 11) is 1.73. The number of ether oxygens (including phenoxy) is 1. The molecule has 25 heavy (non-hydrogen) atoms. The Morgan fingerprint density at radius 1 is 1.28 bits per heavy atom. The van der Waals surface area contributed by atoms with Crippen LogP contribution in [0.1, 0.15) is 28.9 Å². The number of H-pyrrole nitrogens is 1. The number of nitrogens with zero attached hydrogens (tertiary/aromatic N) is 5. The van der Waals surface area contributed by atoms with Crippen molar-refractivity contribution in [2.45, 2.75) is 25.0 Å². The molecule has 0 amide bonds. The van der Waals surface area contributed by atoms with Crippen LogP contribution in [0.5, 0.6) is 0 Å². The van der Waals surface area contributed by atoms with Crippen LogP contribution in [0.3, 0.4) is 0 Å². The van der Waals surface area contributed by atoms with E-state index in [4.69, 9.17) is 9.26 Å². The number of rotatable bonds is 6. The zero-order chi connectivity index (χ0) is 17.1. The van der Waals surface area contributed by atoms with Crippen molar-refractivity contribution in [1.82, 2.24) is 30.5 Å². The summed E-state index contributed by atoms with van der Waals surface area (Å²) in [5, 5.41) is 14.8. The summed E-state index contributed by atoms with van der Waals surface area (Å²) in [6.45, 7) is 2.22. The molecule has 0 radical (unpaired) electrons. The topological polar surface area (TPSA) is 93.0 Å². The Morgan fingerprint density at radius 2 is 2.16 bits per heavy atom. The standard InChI is InChI=1S/C17H20N6O2/c1-24-15-10-23(9-13(15)14-8-18-22-20-14)11-17-19-16(21-25-17)7-12-5-3-2-4-6-12/h2-6,8,13,15H,7,9-11H2,1H3,(H,18,20,22)/t13-,15+/m0/s1. The van der Waals surface area contributed by atoms with Gasteiger partial charge in [0.05, 0.1) is 24.5 Å². The van der Waals surface area contributed by atoms with Gasteiger partial charge in [0, 0.05) is 32.5 Å². The molecule has 0 spiro atoms. The minimum atomic E-state index is 0.0804. The number of likely N-dealkylation sites (tertiary alicyclic amines) is 1. The molecule has 4 rings (SSSR count). The second-order valence-electron chi connectivity index (χ2n) is 6.24. The lowest BCUT2D eigenvalue weighted by Crippen LogP contribution is -2.22. The molecular formula is C17H20N6O2. The third kappa shape index (κ3) is 3.59. The summed E-state index contributed by atoms with van der Waals surface area (Å²) in [5.74, 6) is 1.52. The van der Waals surface area contributed by atoms with Gasteiger partial charge in [-0.15, -0.1) is 0 Å². The first kappa shape index (κ1) is 15.9. The number of nitrogens with one attached hydrogen (secondary N) is 1. The minimum absolute atomic E-state index is 0.0804. The maximum absolute atomic E-state index is 5.61. The summed E-state index contributed by atoms with van der Waals surface area (Å²) in [6, 6.07) is 10.1. The van der Waals surface area contributed by atoms with E-state index in [0.29, 0.717) is 24.7 Å². The highest BCUT2D eigenvalue weighted by Gasteiger charge is 2.36. The van der Waals surface area contributed by atoms with Crippen molar-refractivity contribution >= 4 is 0 Å². The van der Waals surface area contributed by atoms with Gasteiger partial charge in [-0.3, -0.25) is 4.90 Å². The molecule has 1 aliphatic heterocycles. The van der Waals surface area contributed by atoms with Crippen molar-refractivity contribution in [3.63, 3.8) is 0 Å². The first-order chi connectivity index (χ1) is 12.3. The summed E-state index contributed by atoms with van der Waals surface area (Å²) >= 11 is 0. The normalized spacial score (nSPS) is 21.0. The number of aromatic nitrogens is 5. The van der Waals surface area contributed by atoms with E-state index in [1.807, 2.05) is 18.2 Å². The molecule has 1 N–H and O–H groups in total. The number of methoxy groups -OCH3 is 1. The van der Waals surface area contributed by atoms with Gasteiger partial charge in [-0.25, -0.2) is 0 Å². The van der Waals surface area contributed by atoms with Crippen LogP contribution in [0.2, 0.25) is 0 Å². The SMILES string of the molecule is CO[C@@H]1CN(Cc2nc(Cc3ccccc3)no2)C[C@H]1c1cn[nH]n1. The van der Waals surface area contributed by atoms with Gasteiger partial charge in [-0.05, 0) is 5.56 Å². The molecule has 0 aliphatic carbocycles. The van der Waals surface area contributed by atoms with Crippen LogP contribution < -0.4 is 0 Å². The maximum atomic E-state index is 5.61. The van der Waals surface area contributed by atoms with Crippen LogP contribution in [0.4, 0.5) is 0 Å². The van der Waals surface area contributed by atoms with E-state index in [1.165, 1.54) is 5.56 Å². The van der Waals surface area contributed by atoms with Crippen molar-refractivity contribution in [3.05, 3.63) is 59.5 Å². The van der Waals surface area contributed by atoms with Crippen molar-refractivity contribution < 1.29 is 9.26 Å². The highest BCUT2D eigenvalue weighted by Crippen LogP contribution is 2.28. The van der Waals surface area contributed by atoms with Crippen LogP contribution in [-0.2, 0) is 17.7 Å². The summed E-state index contributed by atoms with van der Waals surface area (Å²) in [5.41, 5.74) is 2.09. The Bertz CT molecular complexity index is 789. The second kappa shape index (κ2) is 7.12. The molecule has 1 saturated heterocycles. The van der Waals surface area contributed by atoms with Gasteiger partial charge in [-0.1, -0.05) is 35.5 Å². The number of aromatic amines is 1. The van der Waals surface area contributed by atoms with Gasteiger partial charge in [0.15, 0.2) is 5.82 Å². The van der Waals surface area contributed by atoms with Gasteiger partial charge < -0.3 is 9.26 Å². The van der Waals surface area contributed by atoms with Crippen LogP contribution in [0.15, 0.2) is 41.1 Å². The first-order valence-corrected chi connectivity index (χ1v) is 8.28. The van der Waals surface area contributed by atoms with E-state index >= 15 is 0 Å². The Kier molecular flexibility index (Phi) is 4.53. The number of hydrogen-bond acceptors (Lipinski definition) is 7. The zero-order valence-corrected chi connectivity index (χ0v) is 14.0. The fourth-order valence-corrected chi connectivity index (χ4v) is 3.29. The molecule has 0 bridgehead atoms. The van der Waals surface area contributed by atoms with Crippen molar-refractivity contribution in [1.29, 1.82) is 0 Å². The fourth-order valence-electron chi connectivity index (χ4n) is 3.29. The van der Waals surface area contributed by atoms with Gasteiger partial charge in [0.2, 0.25) is 5.89 Å². The number of benzene rings is 1. The van der Waals surface area contributed by atoms with E-state index in [1.54, 1.807) is 13.3 Å². The van der Waals surface area contributed by atoms with Gasteiger partial charge in [-0.2, -0.15) is 20.4 Å². The summed E-state index contributed by atoms with van der Waals surface area (Å²) in [6.07, 6.45) is 2.51.